The molecule has 3 rings (SSSR count). The van der Waals surface area contributed by atoms with Gasteiger partial charge in [0.25, 0.3) is 17.5 Å². The standard InChI is InChI=1S/C20H18N4O7/c1-22(10-17(25)21-12-4-3-5-14(8-12)31-2)18(26)11-23-19(27)15-7-6-13(24(29)30)9-16(15)20(23)28/h3-9H,10-11H2,1-2H3,(H,21,25). The average Bonchev–Trinajstić information content (AvgIpc) is 2.97. The Bertz CT molecular complexity index is 1100. The van der Waals surface area contributed by atoms with Crippen LogP contribution in [0.15, 0.2) is 42.5 Å². The number of fused-ring (bicyclic) bond motifs is 1. The van der Waals surface area contributed by atoms with Crippen LogP contribution in [0.25, 0.3) is 0 Å². The number of hydrogen-bond acceptors (Lipinski definition) is 7. The number of carbonyl (C=O) groups is 4. The number of nitro groups is 1. The molecular formula is C20H18N4O7. The lowest BCUT2D eigenvalue weighted by Crippen LogP contribution is -2.43. The Morgan fingerprint density at radius 2 is 1.84 bits per heavy atom. The molecule has 2 aromatic carbocycles. The number of nitrogens with zero attached hydrogens (tertiary/aromatic N) is 3. The molecule has 4 amide bonds. The molecule has 1 heterocycles. The average molecular weight is 426 g/mol. The van der Waals surface area contributed by atoms with Gasteiger partial charge >= 0.3 is 0 Å². The van der Waals surface area contributed by atoms with Gasteiger partial charge in [-0.1, -0.05) is 6.07 Å². The first-order valence-electron chi connectivity index (χ1n) is 9.03. The number of nitro benzene ring substituents is 1. The van der Waals surface area contributed by atoms with Crippen molar-refractivity contribution in [3.05, 3.63) is 63.7 Å². The lowest BCUT2D eigenvalue weighted by Gasteiger charge is -2.20. The molecule has 0 saturated carbocycles. The smallest absolute Gasteiger partial charge is 0.270 e. The summed E-state index contributed by atoms with van der Waals surface area (Å²) < 4.78 is 5.07. The van der Waals surface area contributed by atoms with Crippen molar-refractivity contribution in [2.24, 2.45) is 0 Å². The van der Waals surface area contributed by atoms with Crippen molar-refractivity contribution >= 4 is 35.0 Å². The van der Waals surface area contributed by atoms with E-state index in [-0.39, 0.29) is 23.4 Å². The zero-order valence-electron chi connectivity index (χ0n) is 16.7. The normalized spacial score (nSPS) is 12.4. The molecule has 0 aromatic heterocycles. The maximum atomic E-state index is 12.5. The van der Waals surface area contributed by atoms with E-state index < -0.39 is 35.1 Å². The Morgan fingerprint density at radius 1 is 1.13 bits per heavy atom. The van der Waals surface area contributed by atoms with Gasteiger partial charge in [-0.15, -0.1) is 0 Å². The number of ether oxygens (including phenoxy) is 1. The zero-order chi connectivity index (χ0) is 22.7. The summed E-state index contributed by atoms with van der Waals surface area (Å²) in [6.07, 6.45) is 0. The fourth-order valence-corrected chi connectivity index (χ4v) is 3.00. The maximum absolute atomic E-state index is 12.5. The number of anilines is 1. The molecule has 1 N–H and O–H groups in total. The van der Waals surface area contributed by atoms with E-state index in [2.05, 4.69) is 5.32 Å². The highest BCUT2D eigenvalue weighted by atomic mass is 16.6. The number of amides is 4. The predicted molar refractivity (Wildman–Crippen MR) is 108 cm³/mol. The molecule has 0 aliphatic carbocycles. The van der Waals surface area contributed by atoms with E-state index in [1.807, 2.05) is 0 Å². The van der Waals surface area contributed by atoms with E-state index in [1.54, 1.807) is 24.3 Å². The van der Waals surface area contributed by atoms with Gasteiger partial charge in [-0.3, -0.25) is 34.2 Å². The van der Waals surface area contributed by atoms with Crippen molar-refractivity contribution in [3.8, 4) is 5.75 Å². The van der Waals surface area contributed by atoms with Crippen LogP contribution in [0.1, 0.15) is 20.7 Å². The summed E-state index contributed by atoms with van der Waals surface area (Å²) in [5.74, 6) is -2.11. The Kier molecular flexibility index (Phi) is 5.95. The third-order valence-electron chi connectivity index (χ3n) is 4.62. The molecule has 0 spiro atoms. The quantitative estimate of drug-likeness (QED) is 0.400. The predicted octanol–water partition coefficient (Wildman–Crippen LogP) is 1.30. The van der Waals surface area contributed by atoms with E-state index in [0.29, 0.717) is 16.3 Å². The van der Waals surface area contributed by atoms with Gasteiger partial charge in [0.2, 0.25) is 11.8 Å². The van der Waals surface area contributed by atoms with E-state index in [1.165, 1.54) is 20.2 Å². The summed E-state index contributed by atoms with van der Waals surface area (Å²) in [5.41, 5.74) is -0.00112. The Labute approximate surface area is 176 Å². The molecule has 11 nitrogen and oxygen atoms in total. The third kappa shape index (κ3) is 4.50. The van der Waals surface area contributed by atoms with Crippen LogP contribution in [0.5, 0.6) is 5.75 Å². The molecule has 0 atom stereocenters. The van der Waals surface area contributed by atoms with Crippen LogP contribution in [-0.4, -0.2) is 65.6 Å². The maximum Gasteiger partial charge on any atom is 0.270 e. The van der Waals surface area contributed by atoms with Gasteiger partial charge < -0.3 is 15.0 Å². The van der Waals surface area contributed by atoms with Crippen molar-refractivity contribution in [1.82, 2.24) is 9.80 Å². The molecule has 0 unspecified atom stereocenters. The van der Waals surface area contributed by atoms with Gasteiger partial charge in [0, 0.05) is 30.9 Å². The molecule has 31 heavy (non-hydrogen) atoms. The number of nitrogens with one attached hydrogen (secondary N) is 1. The molecule has 2 aromatic rings. The molecule has 0 bridgehead atoms. The number of carbonyl (C=O) groups excluding carboxylic acids is 4. The Balaban J connectivity index is 1.62. The van der Waals surface area contributed by atoms with Crippen LogP contribution in [0, 0.1) is 10.1 Å². The van der Waals surface area contributed by atoms with E-state index in [9.17, 15) is 29.3 Å². The molecule has 1 aliphatic rings. The van der Waals surface area contributed by atoms with Gasteiger partial charge in [0.15, 0.2) is 0 Å². The summed E-state index contributed by atoms with van der Waals surface area (Å²) in [6, 6.07) is 9.97. The molecule has 0 fully saturated rings. The number of methoxy groups -OCH3 is 1. The number of imide groups is 1. The highest BCUT2D eigenvalue weighted by molar-refractivity contribution is 6.22. The van der Waals surface area contributed by atoms with Crippen molar-refractivity contribution in [1.29, 1.82) is 0 Å². The Morgan fingerprint density at radius 3 is 2.52 bits per heavy atom. The van der Waals surface area contributed by atoms with Gasteiger partial charge in [0.1, 0.15) is 12.3 Å². The van der Waals surface area contributed by atoms with E-state index in [0.717, 1.165) is 17.0 Å². The number of hydrogen-bond donors (Lipinski definition) is 1. The molecule has 0 radical (unpaired) electrons. The van der Waals surface area contributed by atoms with Crippen molar-refractivity contribution in [2.75, 3.05) is 32.6 Å². The van der Waals surface area contributed by atoms with Gasteiger partial charge in [-0.25, -0.2) is 0 Å². The summed E-state index contributed by atoms with van der Waals surface area (Å²) in [5, 5.41) is 13.5. The van der Waals surface area contributed by atoms with Crippen molar-refractivity contribution in [2.45, 2.75) is 0 Å². The Hall–Kier alpha value is -4.28. The number of rotatable bonds is 7. The summed E-state index contributed by atoms with van der Waals surface area (Å²) in [7, 11) is 2.85. The largest absolute Gasteiger partial charge is 0.497 e. The number of likely N-dealkylation sites (N-methyl/N-ethyl adjacent to an activating group) is 1. The first kappa shape index (κ1) is 21.4. The second-order valence-electron chi connectivity index (χ2n) is 6.71. The third-order valence-corrected chi connectivity index (χ3v) is 4.62. The van der Waals surface area contributed by atoms with Crippen LogP contribution in [-0.2, 0) is 9.59 Å². The fourth-order valence-electron chi connectivity index (χ4n) is 3.00. The second kappa shape index (κ2) is 8.61. The first-order valence-corrected chi connectivity index (χ1v) is 9.03. The second-order valence-corrected chi connectivity index (χ2v) is 6.71. The van der Waals surface area contributed by atoms with Crippen LogP contribution in [0.3, 0.4) is 0 Å². The van der Waals surface area contributed by atoms with Crippen LogP contribution >= 0.6 is 0 Å². The lowest BCUT2D eigenvalue weighted by atomic mass is 10.1. The van der Waals surface area contributed by atoms with Crippen molar-refractivity contribution < 1.29 is 28.8 Å². The minimum absolute atomic E-state index is 0.0122. The van der Waals surface area contributed by atoms with Gasteiger partial charge in [-0.05, 0) is 18.2 Å². The van der Waals surface area contributed by atoms with Crippen LogP contribution in [0.2, 0.25) is 0 Å². The monoisotopic (exact) mass is 426 g/mol. The highest BCUT2D eigenvalue weighted by Gasteiger charge is 2.38. The first-order chi connectivity index (χ1) is 14.7. The fraction of sp³-hybridized carbons (Fsp3) is 0.200. The molecular weight excluding hydrogens is 408 g/mol. The van der Waals surface area contributed by atoms with Gasteiger partial charge in [-0.2, -0.15) is 0 Å². The minimum atomic E-state index is -0.800. The zero-order valence-corrected chi connectivity index (χ0v) is 16.7. The number of benzene rings is 2. The minimum Gasteiger partial charge on any atom is -0.497 e. The van der Waals surface area contributed by atoms with E-state index in [4.69, 9.17) is 4.74 Å². The molecule has 11 heteroatoms. The highest BCUT2D eigenvalue weighted by Crippen LogP contribution is 2.26. The van der Waals surface area contributed by atoms with Crippen LogP contribution in [0.4, 0.5) is 11.4 Å². The molecule has 160 valence electrons. The molecule has 0 saturated heterocycles. The SMILES string of the molecule is COc1cccc(NC(=O)CN(C)C(=O)CN2C(=O)c3ccc([N+](=O)[O-])cc3C2=O)c1. The summed E-state index contributed by atoms with van der Waals surface area (Å²) in [4.78, 5) is 61.6. The topological polar surface area (TPSA) is 139 Å². The van der Waals surface area contributed by atoms with Crippen molar-refractivity contribution in [3.63, 3.8) is 0 Å². The molecule has 1 aliphatic heterocycles. The van der Waals surface area contributed by atoms with E-state index >= 15 is 0 Å². The van der Waals surface area contributed by atoms with Crippen LogP contribution < -0.4 is 10.1 Å². The lowest BCUT2D eigenvalue weighted by molar-refractivity contribution is -0.384. The van der Waals surface area contributed by atoms with Gasteiger partial charge in [0.05, 0.1) is 29.7 Å². The summed E-state index contributed by atoms with van der Waals surface area (Å²) >= 11 is 0. The summed E-state index contributed by atoms with van der Waals surface area (Å²) in [6.45, 7) is -0.909. The number of non-ortho nitro benzene ring substituents is 1.